The van der Waals surface area contributed by atoms with Crippen molar-refractivity contribution >= 4 is 23.6 Å². The number of aromatic nitrogens is 2. The van der Waals surface area contributed by atoms with Crippen LogP contribution in [0, 0.1) is 0 Å². The van der Waals surface area contributed by atoms with Gasteiger partial charge < -0.3 is 10.4 Å². The van der Waals surface area contributed by atoms with Gasteiger partial charge in [-0.25, -0.2) is 4.79 Å². The Kier molecular flexibility index (Phi) is 5.70. The maximum Gasteiger partial charge on any atom is 0.327 e. The molecule has 0 saturated heterocycles. The molecule has 0 bridgehead atoms. The van der Waals surface area contributed by atoms with Gasteiger partial charge in [0.05, 0.1) is 0 Å². The summed E-state index contributed by atoms with van der Waals surface area (Å²) in [6.45, 7) is 1.32. The number of carbonyl (C=O) groups excluding carboxylic acids is 1. The number of carbonyl (C=O) groups is 2. The number of carboxylic acids is 1. The molecule has 100 valence electrons. The number of aliphatic carboxylic acids is 1. The molecule has 0 spiro atoms. The average Bonchev–Trinajstić information content (AvgIpc) is 2.68. The van der Waals surface area contributed by atoms with Gasteiger partial charge in [0.15, 0.2) is 0 Å². The van der Waals surface area contributed by atoms with Crippen LogP contribution in [0.4, 0.5) is 0 Å². The quantitative estimate of drug-likeness (QED) is 0.696. The Hall–Kier alpha value is -1.50. The Balaban J connectivity index is 2.29. The molecule has 1 aromatic heterocycles. The first-order valence-corrected chi connectivity index (χ1v) is 6.70. The predicted molar refractivity (Wildman–Crippen MR) is 69.5 cm³/mol. The second kappa shape index (κ2) is 7.05. The first-order valence-electron chi connectivity index (χ1n) is 5.55. The smallest absolute Gasteiger partial charge is 0.327 e. The third-order valence-corrected chi connectivity index (χ3v) is 3.45. The van der Waals surface area contributed by atoms with Crippen LogP contribution in [0.25, 0.3) is 0 Å². The number of amides is 1. The van der Waals surface area contributed by atoms with Crippen LogP contribution in [0.2, 0.25) is 0 Å². The minimum absolute atomic E-state index is 0.324. The van der Waals surface area contributed by atoms with Gasteiger partial charge in [0, 0.05) is 31.6 Å². The molecule has 7 heteroatoms. The van der Waals surface area contributed by atoms with Crippen LogP contribution in [0.5, 0.6) is 0 Å². The fraction of sp³-hybridized carbons (Fsp3) is 0.545. The van der Waals surface area contributed by atoms with Crippen molar-refractivity contribution in [3.8, 4) is 0 Å². The van der Waals surface area contributed by atoms with Crippen molar-refractivity contribution < 1.29 is 14.7 Å². The SMILES string of the molecule is CC(=O)N[C@@H](CSCCc1ccnn1C)C(=O)O. The van der Waals surface area contributed by atoms with Crippen molar-refractivity contribution in [2.75, 3.05) is 11.5 Å². The Morgan fingerprint density at radius 1 is 1.61 bits per heavy atom. The van der Waals surface area contributed by atoms with E-state index in [1.165, 1.54) is 18.7 Å². The highest BCUT2D eigenvalue weighted by atomic mass is 32.2. The Bertz CT molecular complexity index is 419. The average molecular weight is 271 g/mol. The molecule has 0 unspecified atom stereocenters. The molecule has 2 N–H and O–H groups in total. The molecular formula is C11H17N3O3S. The second-order valence-electron chi connectivity index (χ2n) is 3.86. The monoisotopic (exact) mass is 271 g/mol. The van der Waals surface area contributed by atoms with Crippen molar-refractivity contribution in [3.05, 3.63) is 18.0 Å². The molecule has 0 aliphatic carbocycles. The van der Waals surface area contributed by atoms with Gasteiger partial charge in [-0.05, 0) is 18.2 Å². The first-order chi connectivity index (χ1) is 8.50. The maximum atomic E-state index is 10.9. The molecule has 0 aliphatic rings. The molecule has 0 aliphatic heterocycles. The highest BCUT2D eigenvalue weighted by molar-refractivity contribution is 7.99. The van der Waals surface area contributed by atoms with E-state index in [1.54, 1.807) is 10.9 Å². The lowest BCUT2D eigenvalue weighted by atomic mass is 10.3. The summed E-state index contributed by atoms with van der Waals surface area (Å²) >= 11 is 1.50. The number of rotatable bonds is 7. The van der Waals surface area contributed by atoms with Gasteiger partial charge in [-0.15, -0.1) is 0 Å². The lowest BCUT2D eigenvalue weighted by molar-refractivity contribution is -0.140. The van der Waals surface area contributed by atoms with E-state index in [4.69, 9.17) is 5.11 Å². The molecule has 0 saturated carbocycles. The van der Waals surface area contributed by atoms with E-state index < -0.39 is 12.0 Å². The Labute approximate surface area is 110 Å². The van der Waals surface area contributed by atoms with Gasteiger partial charge in [0.2, 0.25) is 5.91 Å². The zero-order valence-electron chi connectivity index (χ0n) is 10.4. The van der Waals surface area contributed by atoms with Crippen LogP contribution in [0.15, 0.2) is 12.3 Å². The maximum absolute atomic E-state index is 10.9. The third-order valence-electron chi connectivity index (χ3n) is 2.39. The van der Waals surface area contributed by atoms with Crippen LogP contribution in [-0.2, 0) is 23.1 Å². The topological polar surface area (TPSA) is 84.2 Å². The molecule has 1 amide bonds. The Morgan fingerprint density at radius 3 is 2.83 bits per heavy atom. The van der Waals surface area contributed by atoms with Crippen molar-refractivity contribution in [2.24, 2.45) is 7.05 Å². The largest absolute Gasteiger partial charge is 0.480 e. The second-order valence-corrected chi connectivity index (χ2v) is 5.01. The molecule has 0 fully saturated rings. The van der Waals surface area contributed by atoms with E-state index in [0.717, 1.165) is 17.9 Å². The molecule has 0 aromatic carbocycles. The standard InChI is InChI=1S/C11H17N3O3S/c1-8(15)13-10(11(16)17)7-18-6-4-9-3-5-12-14(9)2/h3,5,10H,4,6-7H2,1-2H3,(H,13,15)(H,16,17)/t10-/m0/s1. The lowest BCUT2D eigenvalue weighted by Crippen LogP contribution is -2.41. The predicted octanol–water partition coefficient (Wildman–Crippen LogP) is 0.285. The highest BCUT2D eigenvalue weighted by Gasteiger charge is 2.17. The number of aryl methyl sites for hydroxylation is 2. The van der Waals surface area contributed by atoms with Gasteiger partial charge in [-0.2, -0.15) is 16.9 Å². The van der Waals surface area contributed by atoms with Gasteiger partial charge in [0.25, 0.3) is 0 Å². The summed E-state index contributed by atoms with van der Waals surface area (Å²) in [5.41, 5.74) is 1.11. The molecule has 1 rings (SSSR count). The van der Waals surface area contributed by atoms with E-state index >= 15 is 0 Å². The third kappa shape index (κ3) is 4.79. The van der Waals surface area contributed by atoms with Gasteiger partial charge >= 0.3 is 5.97 Å². The lowest BCUT2D eigenvalue weighted by Gasteiger charge is -2.12. The minimum Gasteiger partial charge on any atom is -0.480 e. The number of carboxylic acid groups (broad SMARTS) is 1. The summed E-state index contributed by atoms with van der Waals surface area (Å²) in [5.74, 6) is -0.164. The molecule has 0 radical (unpaired) electrons. The normalized spacial score (nSPS) is 12.1. The fourth-order valence-electron chi connectivity index (χ4n) is 1.44. The van der Waals surface area contributed by atoms with E-state index in [2.05, 4.69) is 10.4 Å². The zero-order valence-corrected chi connectivity index (χ0v) is 11.2. The van der Waals surface area contributed by atoms with Crippen LogP contribution in [0.3, 0.4) is 0 Å². The number of thioether (sulfide) groups is 1. The fourth-order valence-corrected chi connectivity index (χ4v) is 2.43. The van der Waals surface area contributed by atoms with E-state index in [1.807, 2.05) is 13.1 Å². The van der Waals surface area contributed by atoms with Crippen LogP contribution in [-0.4, -0.2) is 44.3 Å². The highest BCUT2D eigenvalue weighted by Crippen LogP contribution is 2.08. The molecule has 18 heavy (non-hydrogen) atoms. The van der Waals surface area contributed by atoms with Gasteiger partial charge in [0.1, 0.15) is 6.04 Å². The van der Waals surface area contributed by atoms with Gasteiger partial charge in [-0.3, -0.25) is 9.48 Å². The summed E-state index contributed by atoms with van der Waals surface area (Å²) in [6.07, 6.45) is 2.56. The Morgan fingerprint density at radius 2 is 2.33 bits per heavy atom. The van der Waals surface area contributed by atoms with Crippen LogP contribution >= 0.6 is 11.8 Å². The van der Waals surface area contributed by atoms with Gasteiger partial charge in [-0.1, -0.05) is 0 Å². The molecule has 1 aromatic rings. The van der Waals surface area contributed by atoms with E-state index in [0.29, 0.717) is 5.75 Å². The number of nitrogens with one attached hydrogen (secondary N) is 1. The summed E-state index contributed by atoms with van der Waals surface area (Å²) in [6, 6.07) is 1.11. The zero-order chi connectivity index (χ0) is 13.5. The number of nitrogens with zero attached hydrogens (tertiary/aromatic N) is 2. The van der Waals surface area contributed by atoms with Crippen LogP contribution in [0.1, 0.15) is 12.6 Å². The van der Waals surface area contributed by atoms with Crippen LogP contribution < -0.4 is 5.32 Å². The van der Waals surface area contributed by atoms with Crippen molar-refractivity contribution in [1.82, 2.24) is 15.1 Å². The molecule has 6 nitrogen and oxygen atoms in total. The van der Waals surface area contributed by atoms with E-state index in [-0.39, 0.29) is 5.91 Å². The number of hydrogen-bond donors (Lipinski definition) is 2. The molecule has 1 heterocycles. The minimum atomic E-state index is -1.00. The van der Waals surface area contributed by atoms with Crippen molar-refractivity contribution in [1.29, 1.82) is 0 Å². The number of hydrogen-bond acceptors (Lipinski definition) is 4. The van der Waals surface area contributed by atoms with Crippen molar-refractivity contribution in [3.63, 3.8) is 0 Å². The molecular weight excluding hydrogens is 254 g/mol. The molecule has 1 atom stereocenters. The van der Waals surface area contributed by atoms with E-state index in [9.17, 15) is 9.59 Å². The summed E-state index contributed by atoms with van der Waals surface area (Å²) in [4.78, 5) is 21.7. The summed E-state index contributed by atoms with van der Waals surface area (Å²) < 4.78 is 1.79. The summed E-state index contributed by atoms with van der Waals surface area (Å²) in [5, 5.41) is 15.4. The van der Waals surface area contributed by atoms with Crippen molar-refractivity contribution in [2.45, 2.75) is 19.4 Å². The first kappa shape index (κ1) is 14.6. The summed E-state index contributed by atoms with van der Waals surface area (Å²) in [7, 11) is 1.87.